The molecule has 1 saturated carbocycles. The minimum Gasteiger partial charge on any atom is -0.481 e. The van der Waals surface area contributed by atoms with Gasteiger partial charge in [0.05, 0.1) is 17.6 Å². The van der Waals surface area contributed by atoms with Crippen molar-refractivity contribution in [1.29, 1.82) is 0 Å². The van der Waals surface area contributed by atoms with Crippen molar-refractivity contribution in [2.75, 3.05) is 7.11 Å². The van der Waals surface area contributed by atoms with Crippen molar-refractivity contribution in [2.45, 2.75) is 98.2 Å². The fourth-order valence-corrected chi connectivity index (χ4v) is 8.00. The molecule has 0 bridgehead atoms. The van der Waals surface area contributed by atoms with Gasteiger partial charge < -0.3 is 20.1 Å². The number of aliphatic hydroxyl groups excluding tert-OH is 1. The number of ether oxygens (including phenoxy) is 1. The summed E-state index contributed by atoms with van der Waals surface area (Å²) in [4.78, 5) is 24.2. The average molecular weight is 529 g/mol. The van der Waals surface area contributed by atoms with Gasteiger partial charge >= 0.3 is 11.9 Å². The number of methoxy groups -OCH3 is 1. The number of hydrogen-bond donors (Lipinski definition) is 3. The third-order valence-corrected chi connectivity index (χ3v) is 10.9. The third kappa shape index (κ3) is 4.83. The molecule has 212 valence electrons. The molecule has 0 aliphatic heterocycles. The first-order valence-electron chi connectivity index (χ1n) is 13.9. The van der Waals surface area contributed by atoms with Gasteiger partial charge in [0.2, 0.25) is 0 Å². The lowest BCUT2D eigenvalue weighted by Gasteiger charge is -2.56. The predicted molar refractivity (Wildman–Crippen MR) is 150 cm³/mol. The van der Waals surface area contributed by atoms with Crippen molar-refractivity contribution in [3.05, 3.63) is 47.6 Å². The number of carbonyl (C=O) groups is 2. The summed E-state index contributed by atoms with van der Waals surface area (Å²) >= 11 is 0. The molecule has 1 fully saturated rings. The Morgan fingerprint density at radius 1 is 1.13 bits per heavy atom. The maximum Gasteiger partial charge on any atom is 0.306 e. The van der Waals surface area contributed by atoms with E-state index in [1.807, 2.05) is 20.8 Å². The fraction of sp³-hybridized carbons (Fsp3) is 0.688. The lowest BCUT2D eigenvalue weighted by Crippen LogP contribution is -2.48. The topological polar surface area (TPSA) is 104 Å². The number of carboxylic acid groups (broad SMARTS) is 2. The summed E-state index contributed by atoms with van der Waals surface area (Å²) in [5.74, 6) is -2.71. The van der Waals surface area contributed by atoms with E-state index in [9.17, 15) is 24.9 Å². The Labute approximate surface area is 228 Å². The first kappa shape index (κ1) is 30.4. The van der Waals surface area contributed by atoms with Crippen LogP contribution in [0, 0.1) is 34.0 Å². The van der Waals surface area contributed by atoms with Crippen LogP contribution in [-0.4, -0.2) is 46.1 Å². The summed E-state index contributed by atoms with van der Waals surface area (Å²) < 4.78 is 5.54. The van der Waals surface area contributed by atoms with Gasteiger partial charge in [-0.2, -0.15) is 0 Å². The Kier molecular flexibility index (Phi) is 8.33. The molecule has 0 aromatic carbocycles. The van der Waals surface area contributed by atoms with Gasteiger partial charge in [-0.1, -0.05) is 51.7 Å². The Hall–Kier alpha value is -2.18. The number of carboxylic acids is 2. The molecule has 0 spiro atoms. The Balaban J connectivity index is 2.03. The van der Waals surface area contributed by atoms with Gasteiger partial charge in [0.25, 0.3) is 0 Å². The molecule has 7 atom stereocenters. The zero-order valence-electron chi connectivity index (χ0n) is 24.4. The summed E-state index contributed by atoms with van der Waals surface area (Å²) in [7, 11) is 1.62. The molecule has 0 heterocycles. The van der Waals surface area contributed by atoms with E-state index in [1.165, 1.54) is 0 Å². The van der Waals surface area contributed by atoms with Crippen LogP contribution in [-0.2, 0) is 14.3 Å². The zero-order chi connectivity index (χ0) is 28.8. The van der Waals surface area contributed by atoms with E-state index in [0.29, 0.717) is 32.1 Å². The fourth-order valence-electron chi connectivity index (χ4n) is 8.00. The lowest BCUT2D eigenvalue weighted by atomic mass is 9.48. The van der Waals surface area contributed by atoms with Gasteiger partial charge in [0.15, 0.2) is 0 Å². The number of aliphatic carboxylic acids is 2. The lowest BCUT2D eigenvalue weighted by molar-refractivity contribution is -0.148. The van der Waals surface area contributed by atoms with E-state index in [1.54, 1.807) is 7.11 Å². The Morgan fingerprint density at radius 2 is 1.76 bits per heavy atom. The van der Waals surface area contributed by atoms with Gasteiger partial charge in [-0.3, -0.25) is 9.59 Å². The van der Waals surface area contributed by atoms with Crippen LogP contribution in [0.3, 0.4) is 0 Å². The van der Waals surface area contributed by atoms with Gasteiger partial charge in [0.1, 0.15) is 0 Å². The number of allylic oxidation sites excluding steroid dienone is 5. The smallest absolute Gasteiger partial charge is 0.306 e. The van der Waals surface area contributed by atoms with Crippen molar-refractivity contribution in [2.24, 2.45) is 34.0 Å². The van der Waals surface area contributed by atoms with Crippen LogP contribution in [0.2, 0.25) is 0 Å². The molecule has 0 saturated heterocycles. The molecule has 38 heavy (non-hydrogen) atoms. The Bertz CT molecular complexity index is 1070. The van der Waals surface area contributed by atoms with E-state index >= 15 is 0 Å². The second-order valence-electron chi connectivity index (χ2n) is 13.2. The number of hydrogen-bond acceptors (Lipinski definition) is 4. The van der Waals surface area contributed by atoms with Crippen molar-refractivity contribution in [3.8, 4) is 0 Å². The molecule has 0 aromatic rings. The first-order valence-corrected chi connectivity index (χ1v) is 13.9. The summed E-state index contributed by atoms with van der Waals surface area (Å²) in [5, 5.41) is 31.4. The molecule has 6 heteroatoms. The summed E-state index contributed by atoms with van der Waals surface area (Å²) in [5.41, 5.74) is 2.38. The molecule has 0 amide bonds. The van der Waals surface area contributed by atoms with E-state index in [4.69, 9.17) is 4.74 Å². The van der Waals surface area contributed by atoms with E-state index in [0.717, 1.165) is 28.7 Å². The van der Waals surface area contributed by atoms with Crippen molar-refractivity contribution >= 4 is 11.9 Å². The second kappa shape index (κ2) is 10.4. The first-order chi connectivity index (χ1) is 17.5. The summed E-state index contributed by atoms with van der Waals surface area (Å²) in [6.45, 7) is 20.8. The molecule has 3 N–H and O–H groups in total. The van der Waals surface area contributed by atoms with Crippen LogP contribution in [0.4, 0.5) is 0 Å². The van der Waals surface area contributed by atoms with Crippen LogP contribution >= 0.6 is 0 Å². The second-order valence-corrected chi connectivity index (χ2v) is 13.2. The minimum absolute atomic E-state index is 0.0763. The average Bonchev–Trinajstić information content (AvgIpc) is 3.03. The molecule has 3 aliphatic rings. The maximum absolute atomic E-state index is 12.7. The van der Waals surface area contributed by atoms with Gasteiger partial charge in [-0.25, -0.2) is 0 Å². The molecule has 6 nitrogen and oxygen atoms in total. The van der Waals surface area contributed by atoms with E-state index in [2.05, 4.69) is 46.1 Å². The van der Waals surface area contributed by atoms with Crippen molar-refractivity contribution < 1.29 is 29.6 Å². The molecule has 0 radical (unpaired) electrons. The molecule has 3 aliphatic carbocycles. The van der Waals surface area contributed by atoms with Crippen LogP contribution in [0.1, 0.15) is 86.5 Å². The van der Waals surface area contributed by atoms with Crippen molar-refractivity contribution in [3.63, 3.8) is 0 Å². The highest BCUT2D eigenvalue weighted by Gasteiger charge is 2.65. The quantitative estimate of drug-likeness (QED) is 0.262. The molecular formula is C32H48O6. The Morgan fingerprint density at radius 3 is 2.29 bits per heavy atom. The SMILES string of the molecule is C=C(C)[C@@H]1CC=C2C(=CC[C@]3(C)[C@@H](C(CCC(=C)C(C)(C)OC)C(=O)O)[C@H](O)C[C@@]23C)[C@@]1(C)CCC(=O)O. The van der Waals surface area contributed by atoms with Gasteiger partial charge in [0, 0.05) is 24.9 Å². The zero-order valence-corrected chi connectivity index (χ0v) is 24.4. The van der Waals surface area contributed by atoms with E-state index in [-0.39, 0.29) is 17.8 Å². The van der Waals surface area contributed by atoms with E-state index < -0.39 is 46.3 Å². The molecular weight excluding hydrogens is 480 g/mol. The summed E-state index contributed by atoms with van der Waals surface area (Å²) in [6, 6.07) is 0. The molecule has 3 rings (SSSR count). The van der Waals surface area contributed by atoms with Crippen LogP contribution in [0.25, 0.3) is 0 Å². The molecule has 0 aromatic heterocycles. The number of aliphatic hydroxyl groups is 1. The number of rotatable bonds is 11. The van der Waals surface area contributed by atoms with Crippen LogP contribution < -0.4 is 0 Å². The highest BCUT2D eigenvalue weighted by molar-refractivity contribution is 5.71. The normalized spacial score (nSPS) is 35.4. The largest absolute Gasteiger partial charge is 0.481 e. The van der Waals surface area contributed by atoms with Crippen LogP contribution in [0.15, 0.2) is 47.6 Å². The number of fused-ring (bicyclic) bond motifs is 3. The predicted octanol–water partition coefficient (Wildman–Crippen LogP) is 6.57. The standard InChI is InChI=1S/C32H48O6/c1-19(2)22-12-13-24-23(30(22,6)16-15-26(34)35)14-17-31(7)27(25(33)18-32(24,31)8)21(28(36)37)11-10-20(3)29(4,5)38-9/h13-14,21-22,25,27,33H,1,3,10-12,15-18H2,2,4-9H3,(H,34,35)(H,36,37)/t21?,22-,25+,27-,30-,31+,32-/m0/s1. The van der Waals surface area contributed by atoms with Gasteiger partial charge in [-0.05, 0) is 92.8 Å². The highest BCUT2D eigenvalue weighted by Crippen LogP contribution is 2.70. The summed E-state index contributed by atoms with van der Waals surface area (Å²) in [6.07, 6.45) is 7.09. The third-order valence-electron chi connectivity index (χ3n) is 10.9. The minimum atomic E-state index is -0.886. The highest BCUT2D eigenvalue weighted by atomic mass is 16.5. The maximum atomic E-state index is 12.7. The van der Waals surface area contributed by atoms with Crippen LogP contribution in [0.5, 0.6) is 0 Å². The monoisotopic (exact) mass is 528 g/mol. The van der Waals surface area contributed by atoms with Crippen molar-refractivity contribution in [1.82, 2.24) is 0 Å². The molecule has 1 unspecified atom stereocenters. The van der Waals surface area contributed by atoms with Gasteiger partial charge in [-0.15, -0.1) is 0 Å².